The van der Waals surface area contributed by atoms with Crippen molar-refractivity contribution in [2.45, 2.75) is 271 Å². The third-order valence-electron chi connectivity index (χ3n) is 12.3. The normalized spacial score (nSPS) is 12.9. The van der Waals surface area contributed by atoms with E-state index in [1.165, 1.54) is 96.3 Å². The van der Waals surface area contributed by atoms with Crippen LogP contribution in [0.1, 0.15) is 265 Å². The van der Waals surface area contributed by atoms with Crippen LogP contribution in [-0.2, 0) is 28.6 Å². The molecule has 404 valence electrons. The summed E-state index contributed by atoms with van der Waals surface area (Å²) in [4.78, 5) is 37.8. The van der Waals surface area contributed by atoms with Crippen LogP contribution in [0.4, 0.5) is 0 Å². The Balaban J connectivity index is 4.13. The number of carbonyl (C=O) groups excluding carboxylic acids is 3. The lowest BCUT2D eigenvalue weighted by atomic mass is 10.1. The van der Waals surface area contributed by atoms with Crippen molar-refractivity contribution in [2.75, 3.05) is 13.2 Å². The number of hydrogen-bond donors (Lipinski definition) is 0. The molecule has 0 saturated heterocycles. The zero-order chi connectivity index (χ0) is 51.4. The van der Waals surface area contributed by atoms with Gasteiger partial charge in [-0.25, -0.2) is 0 Å². The molecule has 0 amide bonds. The van der Waals surface area contributed by atoms with Crippen LogP contribution < -0.4 is 0 Å². The quantitative estimate of drug-likeness (QED) is 0.0261. The van der Waals surface area contributed by atoms with Gasteiger partial charge in [0.1, 0.15) is 13.2 Å². The van der Waals surface area contributed by atoms with Crippen molar-refractivity contribution in [1.29, 1.82) is 0 Å². The van der Waals surface area contributed by atoms with E-state index >= 15 is 0 Å². The first-order valence-corrected chi connectivity index (χ1v) is 29.4. The Bertz CT molecular complexity index is 1460. The molecule has 71 heavy (non-hydrogen) atoms. The molecule has 0 aromatic rings. The van der Waals surface area contributed by atoms with Crippen LogP contribution in [0.25, 0.3) is 0 Å². The van der Waals surface area contributed by atoms with E-state index in [-0.39, 0.29) is 31.1 Å². The third-order valence-corrected chi connectivity index (χ3v) is 12.3. The summed E-state index contributed by atoms with van der Waals surface area (Å²) >= 11 is 0. The highest BCUT2D eigenvalue weighted by Gasteiger charge is 2.19. The average molecular weight is 986 g/mol. The number of hydrogen-bond acceptors (Lipinski definition) is 6. The highest BCUT2D eigenvalue weighted by Crippen LogP contribution is 2.14. The number of esters is 3. The Hall–Kier alpha value is -3.93. The van der Waals surface area contributed by atoms with E-state index in [4.69, 9.17) is 14.2 Å². The fraction of sp³-hybridized carbons (Fsp3) is 0.677. The summed E-state index contributed by atoms with van der Waals surface area (Å²) in [6.45, 7) is 6.42. The van der Waals surface area contributed by atoms with E-state index in [2.05, 4.69) is 130 Å². The van der Waals surface area contributed by atoms with Gasteiger partial charge in [-0.15, -0.1) is 0 Å². The number of rotatable bonds is 52. The predicted octanol–water partition coefficient (Wildman–Crippen LogP) is 19.9. The first-order chi connectivity index (χ1) is 35.0. The van der Waals surface area contributed by atoms with Crippen LogP contribution in [0, 0.1) is 0 Å². The standard InChI is InChI=1S/C65H108O6/c1-4-7-10-13-15-17-19-21-23-25-26-27-28-29-30-31-32-33-34-35-36-37-38-40-41-43-45-47-49-52-55-58-64(67)70-61-62(60-69-63(66)57-54-51-12-9-6-3)71-65(68)59-56-53-50-48-46-44-42-39-24-22-20-18-16-14-11-8-5-2/h7,10,15,17,21-24,26-27,29-30,32-33,35-36,38,40,62H,4-6,8-9,11-14,16,18-20,25,28,31,34,37,39,41-61H2,1-3H3/b10-7-,17-15-,23-21-,24-22-,27-26-,30-29-,33-32-,36-35-,40-38-. The molecular formula is C65H108O6. The van der Waals surface area contributed by atoms with Gasteiger partial charge in [0.15, 0.2) is 6.10 Å². The largest absolute Gasteiger partial charge is 0.462 e. The third kappa shape index (κ3) is 56.9. The van der Waals surface area contributed by atoms with Gasteiger partial charge >= 0.3 is 17.9 Å². The molecule has 0 aliphatic heterocycles. The Morgan fingerprint density at radius 2 is 0.549 bits per heavy atom. The maximum Gasteiger partial charge on any atom is 0.306 e. The highest BCUT2D eigenvalue weighted by atomic mass is 16.6. The van der Waals surface area contributed by atoms with Crippen molar-refractivity contribution >= 4 is 17.9 Å². The number of carbonyl (C=O) groups is 3. The monoisotopic (exact) mass is 985 g/mol. The van der Waals surface area contributed by atoms with E-state index < -0.39 is 6.10 Å². The van der Waals surface area contributed by atoms with Crippen molar-refractivity contribution in [3.05, 3.63) is 109 Å². The van der Waals surface area contributed by atoms with Crippen molar-refractivity contribution in [3.8, 4) is 0 Å². The minimum atomic E-state index is -0.784. The summed E-state index contributed by atoms with van der Waals surface area (Å²) in [5.41, 5.74) is 0. The SMILES string of the molecule is CC/C=C\C/C=C\C/C=C\C/C=C\C/C=C\C/C=C\C/C=C\C/C=C\CCCCCCCCC(=O)OCC(COC(=O)CCCCCCC)OC(=O)CCCCCCCCC/C=C\CCCCCCCC. The second kappa shape index (κ2) is 58.6. The molecule has 0 spiro atoms. The summed E-state index contributed by atoms with van der Waals surface area (Å²) in [5, 5.41) is 0. The van der Waals surface area contributed by atoms with Crippen LogP contribution in [-0.4, -0.2) is 37.2 Å². The van der Waals surface area contributed by atoms with Gasteiger partial charge in [0.05, 0.1) is 0 Å². The van der Waals surface area contributed by atoms with E-state index in [0.717, 1.165) is 128 Å². The molecule has 0 radical (unpaired) electrons. The number of ether oxygens (including phenoxy) is 3. The fourth-order valence-electron chi connectivity index (χ4n) is 7.86. The Morgan fingerprint density at radius 1 is 0.296 bits per heavy atom. The smallest absolute Gasteiger partial charge is 0.306 e. The van der Waals surface area contributed by atoms with Crippen LogP contribution in [0.2, 0.25) is 0 Å². The average Bonchev–Trinajstić information content (AvgIpc) is 3.37. The zero-order valence-corrected chi connectivity index (χ0v) is 46.2. The first-order valence-electron chi connectivity index (χ1n) is 29.4. The Kier molecular flexibility index (Phi) is 55.4. The molecule has 0 N–H and O–H groups in total. The van der Waals surface area contributed by atoms with Gasteiger partial charge in [0.2, 0.25) is 0 Å². The van der Waals surface area contributed by atoms with Gasteiger partial charge < -0.3 is 14.2 Å². The summed E-state index contributed by atoms with van der Waals surface area (Å²) in [5.74, 6) is -0.918. The summed E-state index contributed by atoms with van der Waals surface area (Å²) in [7, 11) is 0. The summed E-state index contributed by atoms with van der Waals surface area (Å²) in [6, 6.07) is 0. The van der Waals surface area contributed by atoms with Gasteiger partial charge in [-0.1, -0.05) is 246 Å². The first kappa shape index (κ1) is 67.1. The Labute approximate surface area is 438 Å². The molecule has 6 heteroatoms. The molecule has 0 aromatic carbocycles. The van der Waals surface area contributed by atoms with Gasteiger partial charge in [-0.2, -0.15) is 0 Å². The van der Waals surface area contributed by atoms with E-state index in [0.29, 0.717) is 19.3 Å². The minimum Gasteiger partial charge on any atom is -0.462 e. The molecule has 0 aliphatic rings. The van der Waals surface area contributed by atoms with Gasteiger partial charge in [-0.05, 0) is 109 Å². The van der Waals surface area contributed by atoms with E-state index in [1.807, 2.05) is 0 Å². The molecule has 0 rings (SSSR count). The lowest BCUT2D eigenvalue weighted by molar-refractivity contribution is -0.167. The number of unbranched alkanes of at least 4 members (excludes halogenated alkanes) is 23. The maximum absolute atomic E-state index is 12.8. The highest BCUT2D eigenvalue weighted by molar-refractivity contribution is 5.71. The van der Waals surface area contributed by atoms with E-state index in [9.17, 15) is 14.4 Å². The lowest BCUT2D eigenvalue weighted by Crippen LogP contribution is -2.30. The molecule has 0 fully saturated rings. The van der Waals surface area contributed by atoms with Crippen molar-refractivity contribution < 1.29 is 28.6 Å². The molecule has 0 aliphatic carbocycles. The molecule has 0 aromatic heterocycles. The van der Waals surface area contributed by atoms with Crippen LogP contribution in [0.3, 0.4) is 0 Å². The predicted molar refractivity (Wildman–Crippen MR) is 307 cm³/mol. The van der Waals surface area contributed by atoms with Crippen molar-refractivity contribution in [2.24, 2.45) is 0 Å². The summed E-state index contributed by atoms with van der Waals surface area (Å²) < 4.78 is 16.7. The second-order valence-corrected chi connectivity index (χ2v) is 19.2. The fourth-order valence-corrected chi connectivity index (χ4v) is 7.86. The van der Waals surface area contributed by atoms with Gasteiger partial charge in [-0.3, -0.25) is 14.4 Å². The van der Waals surface area contributed by atoms with E-state index in [1.54, 1.807) is 0 Å². The van der Waals surface area contributed by atoms with Gasteiger partial charge in [0.25, 0.3) is 0 Å². The zero-order valence-electron chi connectivity index (χ0n) is 46.2. The lowest BCUT2D eigenvalue weighted by Gasteiger charge is -2.18. The molecule has 1 atom stereocenters. The molecule has 0 saturated carbocycles. The van der Waals surface area contributed by atoms with Crippen LogP contribution >= 0.6 is 0 Å². The molecule has 6 nitrogen and oxygen atoms in total. The minimum absolute atomic E-state index is 0.0853. The van der Waals surface area contributed by atoms with Crippen molar-refractivity contribution in [3.63, 3.8) is 0 Å². The second-order valence-electron chi connectivity index (χ2n) is 19.2. The molecule has 1 unspecified atom stereocenters. The van der Waals surface area contributed by atoms with Crippen LogP contribution in [0.5, 0.6) is 0 Å². The Morgan fingerprint density at radius 3 is 0.873 bits per heavy atom. The molecular weight excluding hydrogens is 877 g/mol. The van der Waals surface area contributed by atoms with Gasteiger partial charge in [0, 0.05) is 19.3 Å². The maximum atomic E-state index is 12.8. The number of allylic oxidation sites excluding steroid dienone is 18. The topological polar surface area (TPSA) is 78.9 Å². The molecule has 0 heterocycles. The van der Waals surface area contributed by atoms with Crippen molar-refractivity contribution in [1.82, 2.24) is 0 Å². The van der Waals surface area contributed by atoms with Crippen LogP contribution in [0.15, 0.2) is 109 Å². The summed E-state index contributed by atoms with van der Waals surface area (Å²) in [6.07, 6.45) is 79.8. The molecule has 0 bridgehead atoms.